The van der Waals surface area contributed by atoms with Gasteiger partial charge in [-0.3, -0.25) is 4.79 Å². The van der Waals surface area contributed by atoms with Crippen LogP contribution in [-0.4, -0.2) is 17.4 Å². The maximum absolute atomic E-state index is 14.2. The highest BCUT2D eigenvalue weighted by Gasteiger charge is 2.38. The Labute approximate surface area is 138 Å². The third-order valence-corrected chi connectivity index (χ3v) is 4.45. The molecule has 3 aromatic rings. The molecule has 1 amide bonds. The molecule has 1 aromatic heterocycles. The van der Waals surface area contributed by atoms with Gasteiger partial charge in [-0.15, -0.1) is 0 Å². The highest BCUT2D eigenvalue weighted by atomic mass is 19.1. The molecule has 2 atom stereocenters. The summed E-state index contributed by atoms with van der Waals surface area (Å²) in [6.07, 6.45) is 3.02. The largest absolute Gasteiger partial charge is 0.444 e. The summed E-state index contributed by atoms with van der Waals surface area (Å²) >= 11 is 0. The van der Waals surface area contributed by atoms with Crippen LogP contribution in [0.5, 0.6) is 0 Å². The van der Waals surface area contributed by atoms with Gasteiger partial charge in [0, 0.05) is 23.6 Å². The van der Waals surface area contributed by atoms with Crippen LogP contribution >= 0.6 is 0 Å². The van der Waals surface area contributed by atoms with Gasteiger partial charge in [-0.05, 0) is 17.7 Å². The molecule has 1 aliphatic heterocycles. The van der Waals surface area contributed by atoms with Crippen LogP contribution in [0.15, 0.2) is 65.5 Å². The Hall–Kier alpha value is -2.95. The fourth-order valence-corrected chi connectivity index (χ4v) is 3.30. The molecule has 2 unspecified atom stereocenters. The second kappa shape index (κ2) is 5.92. The third-order valence-electron chi connectivity index (χ3n) is 4.45. The van der Waals surface area contributed by atoms with E-state index in [9.17, 15) is 9.18 Å². The molecule has 24 heavy (non-hydrogen) atoms. The average Bonchev–Trinajstić information content (AvgIpc) is 3.26. The van der Waals surface area contributed by atoms with Gasteiger partial charge < -0.3 is 9.73 Å². The highest BCUT2D eigenvalue weighted by molar-refractivity contribution is 5.87. The van der Waals surface area contributed by atoms with Crippen molar-refractivity contribution < 1.29 is 13.6 Å². The lowest BCUT2D eigenvalue weighted by atomic mass is 9.83. The minimum Gasteiger partial charge on any atom is -0.444 e. The molecule has 0 radical (unpaired) electrons. The summed E-state index contributed by atoms with van der Waals surface area (Å²) in [7, 11) is 0. The Bertz CT molecular complexity index is 877. The average molecular weight is 322 g/mol. The van der Waals surface area contributed by atoms with Crippen molar-refractivity contribution in [2.75, 3.05) is 6.54 Å². The summed E-state index contributed by atoms with van der Waals surface area (Å²) in [5.41, 5.74) is 2.29. The van der Waals surface area contributed by atoms with E-state index in [1.807, 2.05) is 24.3 Å². The zero-order valence-electron chi connectivity index (χ0n) is 12.8. The standard InChI is InChI=1S/C19H15FN2O2/c20-16-7-2-1-6-14(16)18-15(9-22-19(18)23)12-4-3-5-13(8-12)17-10-21-11-24-17/h1-8,10-11,15,18H,9H2,(H,22,23). The first kappa shape index (κ1) is 14.6. The van der Waals surface area contributed by atoms with Gasteiger partial charge in [0.2, 0.25) is 5.91 Å². The van der Waals surface area contributed by atoms with E-state index in [1.165, 1.54) is 12.5 Å². The monoisotopic (exact) mass is 322 g/mol. The first-order valence-electron chi connectivity index (χ1n) is 7.75. The molecule has 0 bridgehead atoms. The van der Waals surface area contributed by atoms with E-state index in [-0.39, 0.29) is 17.6 Å². The number of hydrogen-bond acceptors (Lipinski definition) is 3. The van der Waals surface area contributed by atoms with Crippen LogP contribution in [0.3, 0.4) is 0 Å². The van der Waals surface area contributed by atoms with Crippen molar-refractivity contribution in [3.63, 3.8) is 0 Å². The number of amides is 1. The summed E-state index contributed by atoms with van der Waals surface area (Å²) in [5, 5.41) is 2.86. The van der Waals surface area contributed by atoms with Crippen molar-refractivity contribution in [2.24, 2.45) is 0 Å². The smallest absolute Gasteiger partial charge is 0.228 e. The van der Waals surface area contributed by atoms with Gasteiger partial charge in [0.05, 0.1) is 12.1 Å². The normalized spacial score (nSPS) is 20.1. The van der Waals surface area contributed by atoms with E-state index in [4.69, 9.17) is 4.42 Å². The summed E-state index contributed by atoms with van der Waals surface area (Å²) in [6.45, 7) is 0.484. The summed E-state index contributed by atoms with van der Waals surface area (Å²) < 4.78 is 19.5. The van der Waals surface area contributed by atoms with Crippen molar-refractivity contribution >= 4 is 5.91 Å². The summed E-state index contributed by atoms with van der Waals surface area (Å²) in [4.78, 5) is 16.2. The highest BCUT2D eigenvalue weighted by Crippen LogP contribution is 2.38. The van der Waals surface area contributed by atoms with E-state index in [0.29, 0.717) is 17.9 Å². The van der Waals surface area contributed by atoms with Crippen LogP contribution in [0, 0.1) is 5.82 Å². The number of hydrogen-bond donors (Lipinski definition) is 1. The van der Waals surface area contributed by atoms with Gasteiger partial charge >= 0.3 is 0 Å². The van der Waals surface area contributed by atoms with E-state index in [0.717, 1.165) is 11.1 Å². The van der Waals surface area contributed by atoms with Crippen molar-refractivity contribution in [1.82, 2.24) is 10.3 Å². The van der Waals surface area contributed by atoms with Crippen molar-refractivity contribution in [2.45, 2.75) is 11.8 Å². The zero-order valence-corrected chi connectivity index (χ0v) is 12.8. The lowest BCUT2D eigenvalue weighted by Gasteiger charge is -2.18. The van der Waals surface area contributed by atoms with E-state index in [1.54, 1.807) is 24.4 Å². The third kappa shape index (κ3) is 2.48. The molecule has 0 spiro atoms. The number of carbonyl (C=O) groups is 1. The number of halogens is 1. The molecule has 1 fully saturated rings. The Balaban J connectivity index is 1.74. The summed E-state index contributed by atoms with van der Waals surface area (Å²) in [5.74, 6) is -0.490. The van der Waals surface area contributed by atoms with Gasteiger partial charge in [0.15, 0.2) is 12.2 Å². The second-order valence-electron chi connectivity index (χ2n) is 5.84. The number of aromatic nitrogens is 1. The number of rotatable bonds is 3. The van der Waals surface area contributed by atoms with Crippen LogP contribution in [0.1, 0.15) is 23.0 Å². The molecule has 4 nitrogen and oxygen atoms in total. The van der Waals surface area contributed by atoms with Gasteiger partial charge in [-0.25, -0.2) is 9.37 Å². The predicted molar refractivity (Wildman–Crippen MR) is 86.8 cm³/mol. The molecular weight excluding hydrogens is 307 g/mol. The molecule has 120 valence electrons. The minimum atomic E-state index is -0.531. The van der Waals surface area contributed by atoms with Crippen molar-refractivity contribution in [3.8, 4) is 11.3 Å². The molecule has 1 N–H and O–H groups in total. The number of benzene rings is 2. The topological polar surface area (TPSA) is 55.1 Å². The van der Waals surface area contributed by atoms with Crippen LogP contribution in [-0.2, 0) is 4.79 Å². The molecular formula is C19H15FN2O2. The number of oxazole rings is 1. The SMILES string of the molecule is O=C1NCC(c2cccc(-c3cnco3)c2)C1c1ccccc1F. The van der Waals surface area contributed by atoms with Crippen LogP contribution < -0.4 is 5.32 Å². The zero-order chi connectivity index (χ0) is 16.5. The molecule has 2 aromatic carbocycles. The first-order chi connectivity index (χ1) is 11.7. The molecule has 1 saturated heterocycles. The first-order valence-corrected chi connectivity index (χ1v) is 7.75. The molecule has 0 saturated carbocycles. The predicted octanol–water partition coefficient (Wildman–Crippen LogP) is 3.48. The fourth-order valence-electron chi connectivity index (χ4n) is 3.30. The van der Waals surface area contributed by atoms with Gasteiger partial charge in [0.1, 0.15) is 5.82 Å². The Morgan fingerprint density at radius 1 is 1.17 bits per heavy atom. The van der Waals surface area contributed by atoms with E-state index in [2.05, 4.69) is 10.3 Å². The Kier molecular flexibility index (Phi) is 3.61. The maximum Gasteiger partial charge on any atom is 0.228 e. The van der Waals surface area contributed by atoms with Crippen LogP contribution in [0.4, 0.5) is 4.39 Å². The molecule has 2 heterocycles. The van der Waals surface area contributed by atoms with Gasteiger partial charge in [0.25, 0.3) is 0 Å². The van der Waals surface area contributed by atoms with Gasteiger partial charge in [-0.1, -0.05) is 36.4 Å². The number of nitrogens with one attached hydrogen (secondary N) is 1. The molecule has 5 heteroatoms. The van der Waals surface area contributed by atoms with E-state index >= 15 is 0 Å². The quantitative estimate of drug-likeness (QED) is 0.803. The lowest BCUT2D eigenvalue weighted by molar-refractivity contribution is -0.120. The Morgan fingerprint density at radius 3 is 2.83 bits per heavy atom. The molecule has 4 rings (SSSR count). The van der Waals surface area contributed by atoms with Crippen molar-refractivity contribution in [3.05, 3.63) is 78.1 Å². The van der Waals surface area contributed by atoms with E-state index < -0.39 is 5.92 Å². The molecule has 0 aliphatic carbocycles. The number of carbonyl (C=O) groups excluding carboxylic acids is 1. The van der Waals surface area contributed by atoms with Crippen LogP contribution in [0.2, 0.25) is 0 Å². The Morgan fingerprint density at radius 2 is 2.04 bits per heavy atom. The second-order valence-corrected chi connectivity index (χ2v) is 5.84. The minimum absolute atomic E-state index is 0.128. The number of nitrogens with zero attached hydrogens (tertiary/aromatic N) is 1. The van der Waals surface area contributed by atoms with Crippen molar-refractivity contribution in [1.29, 1.82) is 0 Å². The summed E-state index contributed by atoms with van der Waals surface area (Å²) in [6, 6.07) is 14.2. The maximum atomic E-state index is 14.2. The fraction of sp³-hybridized carbons (Fsp3) is 0.158. The van der Waals surface area contributed by atoms with Crippen LogP contribution in [0.25, 0.3) is 11.3 Å². The van der Waals surface area contributed by atoms with Gasteiger partial charge in [-0.2, -0.15) is 0 Å². The molecule has 1 aliphatic rings. The lowest BCUT2D eigenvalue weighted by Crippen LogP contribution is -2.18.